The van der Waals surface area contributed by atoms with E-state index in [9.17, 15) is 9.59 Å². The highest BCUT2D eigenvalue weighted by atomic mass is 35.5. The van der Waals surface area contributed by atoms with Crippen LogP contribution in [0.3, 0.4) is 0 Å². The minimum Gasteiger partial charge on any atom is -0.361 e. The molecule has 7 heteroatoms. The summed E-state index contributed by atoms with van der Waals surface area (Å²) < 4.78 is 1.69. The molecule has 0 saturated carbocycles. The summed E-state index contributed by atoms with van der Waals surface area (Å²) in [5, 5.41) is 1.93. The first-order chi connectivity index (χ1) is 15.2. The first-order valence-corrected chi connectivity index (χ1v) is 11.2. The summed E-state index contributed by atoms with van der Waals surface area (Å²) in [5.74, 6) is 0.624. The Bertz CT molecular complexity index is 1310. The second-order valence-corrected chi connectivity index (χ2v) is 8.54. The van der Waals surface area contributed by atoms with E-state index in [2.05, 4.69) is 45.3 Å². The van der Waals surface area contributed by atoms with Crippen LogP contribution in [0.5, 0.6) is 0 Å². The number of aryl methyl sites for hydroxylation is 1. The third kappa shape index (κ3) is 4.38. The van der Waals surface area contributed by atoms with Gasteiger partial charge in [0.25, 0.3) is 5.56 Å². The van der Waals surface area contributed by atoms with Gasteiger partial charge in [0.05, 0.1) is 10.9 Å². The molecule has 6 nitrogen and oxygen atoms in total. The smallest absolute Gasteiger partial charge is 0.328 e. The molecule has 3 heterocycles. The van der Waals surface area contributed by atoms with Crippen molar-refractivity contribution in [2.75, 3.05) is 19.6 Å². The number of nitrogens with zero attached hydrogens (tertiary/aromatic N) is 2. The molecule has 1 saturated heterocycles. The number of unbranched alkanes of at least 4 members (excludes halogenated alkanes) is 1. The maximum Gasteiger partial charge on any atom is 0.328 e. The van der Waals surface area contributed by atoms with Gasteiger partial charge in [-0.3, -0.25) is 14.3 Å². The standard InChI is InChI=1S/C25H28N4O2.ClH/c30-24-20-8-2-4-10-23(20)29(25(31)27-24)14-6-5-13-28-15-11-18(12-16-28)21-17-26-22-9-3-1-7-19(21)22;/h1-4,7-10,17-18,26H,5-6,11-16H2,(H,27,30,31);1H. The van der Waals surface area contributed by atoms with E-state index in [1.165, 1.54) is 29.3 Å². The highest BCUT2D eigenvalue weighted by molar-refractivity contribution is 5.85. The fraction of sp³-hybridized carbons (Fsp3) is 0.360. The zero-order valence-electron chi connectivity index (χ0n) is 18.0. The predicted octanol–water partition coefficient (Wildman–Crippen LogP) is 4.25. The summed E-state index contributed by atoms with van der Waals surface area (Å²) in [7, 11) is 0. The van der Waals surface area contributed by atoms with Crippen LogP contribution in [0, 0.1) is 0 Å². The number of H-pyrrole nitrogens is 2. The van der Waals surface area contributed by atoms with Crippen molar-refractivity contribution in [2.24, 2.45) is 0 Å². The van der Waals surface area contributed by atoms with E-state index in [4.69, 9.17) is 0 Å². The van der Waals surface area contributed by atoms with Gasteiger partial charge in [-0.2, -0.15) is 0 Å². The molecule has 4 aromatic rings. The van der Waals surface area contributed by atoms with Crippen LogP contribution in [-0.4, -0.2) is 39.1 Å². The SMILES string of the molecule is Cl.O=c1[nH]c(=O)n(CCCCN2CCC(c3c[nH]c4ccccc34)CC2)c2ccccc12. The number of halogens is 1. The number of aromatic nitrogens is 3. The number of aromatic amines is 2. The molecule has 0 radical (unpaired) electrons. The number of fused-ring (bicyclic) bond motifs is 2. The molecule has 168 valence electrons. The molecule has 5 rings (SSSR count). The summed E-state index contributed by atoms with van der Waals surface area (Å²) in [6, 6.07) is 15.9. The maximum atomic E-state index is 12.3. The van der Waals surface area contributed by atoms with Crippen molar-refractivity contribution in [2.45, 2.75) is 38.1 Å². The lowest BCUT2D eigenvalue weighted by atomic mass is 9.89. The van der Waals surface area contributed by atoms with Crippen molar-refractivity contribution < 1.29 is 0 Å². The number of rotatable bonds is 6. The van der Waals surface area contributed by atoms with Gasteiger partial charge in [-0.1, -0.05) is 30.3 Å². The van der Waals surface area contributed by atoms with E-state index in [1.807, 2.05) is 18.2 Å². The lowest BCUT2D eigenvalue weighted by Crippen LogP contribution is -2.34. The Labute approximate surface area is 192 Å². The van der Waals surface area contributed by atoms with Crippen molar-refractivity contribution in [1.29, 1.82) is 0 Å². The van der Waals surface area contributed by atoms with Crippen LogP contribution in [0.1, 0.15) is 37.2 Å². The normalized spacial score (nSPS) is 15.2. The number of para-hydroxylation sites is 2. The van der Waals surface area contributed by atoms with Gasteiger partial charge in [-0.05, 0) is 75.0 Å². The molecule has 0 unspecified atom stereocenters. The molecular weight excluding hydrogens is 424 g/mol. The number of benzene rings is 2. The van der Waals surface area contributed by atoms with Crippen LogP contribution in [0.15, 0.2) is 64.3 Å². The quantitative estimate of drug-likeness (QED) is 0.429. The maximum absolute atomic E-state index is 12.3. The second kappa shape index (κ2) is 9.76. The molecule has 0 bridgehead atoms. The average molecular weight is 453 g/mol. The Balaban J connectivity index is 0.00000245. The fourth-order valence-electron chi connectivity index (χ4n) is 4.97. The Morgan fingerprint density at radius 3 is 2.38 bits per heavy atom. The van der Waals surface area contributed by atoms with Crippen molar-refractivity contribution in [3.8, 4) is 0 Å². The van der Waals surface area contributed by atoms with Gasteiger partial charge >= 0.3 is 5.69 Å². The third-order valence-corrected chi connectivity index (χ3v) is 6.66. The Hall–Kier alpha value is -2.83. The second-order valence-electron chi connectivity index (χ2n) is 8.54. The minimum atomic E-state index is -0.316. The molecule has 32 heavy (non-hydrogen) atoms. The average Bonchev–Trinajstić information content (AvgIpc) is 3.23. The third-order valence-electron chi connectivity index (χ3n) is 6.66. The summed E-state index contributed by atoms with van der Waals surface area (Å²) in [5.41, 5.74) is 2.78. The largest absolute Gasteiger partial charge is 0.361 e. The van der Waals surface area contributed by atoms with Crippen molar-refractivity contribution >= 4 is 34.2 Å². The highest BCUT2D eigenvalue weighted by Gasteiger charge is 2.22. The van der Waals surface area contributed by atoms with Gasteiger partial charge in [0, 0.05) is 23.6 Å². The number of piperidine rings is 1. The topological polar surface area (TPSA) is 73.9 Å². The van der Waals surface area contributed by atoms with Crippen molar-refractivity contribution in [1.82, 2.24) is 19.4 Å². The molecule has 2 N–H and O–H groups in total. The highest BCUT2D eigenvalue weighted by Crippen LogP contribution is 2.33. The van der Waals surface area contributed by atoms with E-state index in [0.717, 1.165) is 38.0 Å². The number of nitrogens with one attached hydrogen (secondary N) is 2. The van der Waals surface area contributed by atoms with E-state index in [-0.39, 0.29) is 23.7 Å². The Morgan fingerprint density at radius 1 is 0.875 bits per heavy atom. The molecule has 0 aliphatic carbocycles. The summed E-state index contributed by atoms with van der Waals surface area (Å²) in [6.45, 7) is 3.91. The lowest BCUT2D eigenvalue weighted by Gasteiger charge is -2.32. The summed E-state index contributed by atoms with van der Waals surface area (Å²) in [6.07, 6.45) is 6.52. The lowest BCUT2D eigenvalue weighted by molar-refractivity contribution is 0.208. The van der Waals surface area contributed by atoms with Crippen LogP contribution in [0.4, 0.5) is 0 Å². The molecule has 0 atom stereocenters. The van der Waals surface area contributed by atoms with Gasteiger partial charge < -0.3 is 9.88 Å². The number of likely N-dealkylation sites (tertiary alicyclic amines) is 1. The van der Waals surface area contributed by atoms with Crippen molar-refractivity contribution in [3.05, 3.63) is 81.1 Å². The van der Waals surface area contributed by atoms with Crippen LogP contribution in [-0.2, 0) is 6.54 Å². The van der Waals surface area contributed by atoms with E-state index >= 15 is 0 Å². The zero-order chi connectivity index (χ0) is 21.2. The van der Waals surface area contributed by atoms with Gasteiger partial charge in [-0.15, -0.1) is 12.4 Å². The van der Waals surface area contributed by atoms with Gasteiger partial charge in [0.1, 0.15) is 0 Å². The predicted molar refractivity (Wildman–Crippen MR) is 132 cm³/mol. The van der Waals surface area contributed by atoms with Crippen LogP contribution in [0.25, 0.3) is 21.8 Å². The number of hydrogen-bond donors (Lipinski definition) is 2. The first-order valence-electron chi connectivity index (χ1n) is 11.2. The molecular formula is C25H29ClN4O2. The van der Waals surface area contributed by atoms with E-state index in [1.54, 1.807) is 10.6 Å². The summed E-state index contributed by atoms with van der Waals surface area (Å²) >= 11 is 0. The fourth-order valence-corrected chi connectivity index (χ4v) is 4.97. The molecule has 1 aliphatic heterocycles. The Kier molecular flexibility index (Phi) is 6.82. The van der Waals surface area contributed by atoms with Gasteiger partial charge in [0.15, 0.2) is 0 Å². The molecule has 0 spiro atoms. The molecule has 0 amide bonds. The van der Waals surface area contributed by atoms with Crippen LogP contribution < -0.4 is 11.2 Å². The van der Waals surface area contributed by atoms with E-state index < -0.39 is 0 Å². The molecule has 1 aliphatic rings. The monoisotopic (exact) mass is 452 g/mol. The molecule has 2 aromatic carbocycles. The van der Waals surface area contributed by atoms with Gasteiger partial charge in [0.2, 0.25) is 0 Å². The Morgan fingerprint density at radius 2 is 1.56 bits per heavy atom. The van der Waals surface area contributed by atoms with E-state index in [0.29, 0.717) is 17.8 Å². The van der Waals surface area contributed by atoms with Gasteiger partial charge in [-0.25, -0.2) is 4.79 Å². The molecule has 1 fully saturated rings. The first kappa shape index (κ1) is 22.4. The number of hydrogen-bond acceptors (Lipinski definition) is 3. The van der Waals surface area contributed by atoms with Crippen molar-refractivity contribution in [3.63, 3.8) is 0 Å². The van der Waals surface area contributed by atoms with Crippen LogP contribution in [0.2, 0.25) is 0 Å². The minimum absolute atomic E-state index is 0. The molecule has 2 aromatic heterocycles. The zero-order valence-corrected chi connectivity index (χ0v) is 18.9. The van der Waals surface area contributed by atoms with Crippen LogP contribution >= 0.6 is 12.4 Å². The summed E-state index contributed by atoms with van der Waals surface area (Å²) in [4.78, 5) is 32.7.